The summed E-state index contributed by atoms with van der Waals surface area (Å²) >= 11 is 5.60. The van der Waals surface area contributed by atoms with Crippen LogP contribution >= 0.6 is 11.6 Å². The van der Waals surface area contributed by atoms with Crippen LogP contribution in [0.4, 0.5) is 0 Å². The van der Waals surface area contributed by atoms with E-state index in [9.17, 15) is 0 Å². The van der Waals surface area contributed by atoms with Crippen LogP contribution < -0.4 is 0 Å². The van der Waals surface area contributed by atoms with Crippen LogP contribution in [0.25, 0.3) is 0 Å². The van der Waals surface area contributed by atoms with E-state index in [-0.39, 0.29) is 0 Å². The Morgan fingerprint density at radius 1 is 1.17 bits per heavy atom. The van der Waals surface area contributed by atoms with Crippen molar-refractivity contribution < 1.29 is 9.47 Å². The van der Waals surface area contributed by atoms with E-state index in [4.69, 9.17) is 21.1 Å². The summed E-state index contributed by atoms with van der Waals surface area (Å²) in [6.07, 6.45) is 1.07. The van der Waals surface area contributed by atoms with Crippen LogP contribution in [0.3, 0.4) is 0 Å². The van der Waals surface area contributed by atoms with Gasteiger partial charge in [0.1, 0.15) is 0 Å². The topological polar surface area (TPSA) is 18.5 Å². The van der Waals surface area contributed by atoms with Gasteiger partial charge in [-0.25, -0.2) is 0 Å². The summed E-state index contributed by atoms with van der Waals surface area (Å²) in [6.45, 7) is 7.10. The Hall–Kier alpha value is 0.210. The van der Waals surface area contributed by atoms with E-state index >= 15 is 0 Å². The molecule has 0 saturated heterocycles. The Morgan fingerprint density at radius 3 is 2.42 bits per heavy atom. The fraction of sp³-hybridized carbons (Fsp3) is 1.00. The lowest BCUT2D eigenvalue weighted by molar-refractivity contribution is 0.0384. The standard InChI is InChI=1S/C9H19ClO2/c1-3-4-11-5-6-12-8-9(2)7-10/h9H,3-8H2,1-2H3. The highest BCUT2D eigenvalue weighted by Crippen LogP contribution is 1.97. The Bertz CT molecular complexity index is 88.6. The van der Waals surface area contributed by atoms with Crippen molar-refractivity contribution in [3.63, 3.8) is 0 Å². The lowest BCUT2D eigenvalue weighted by atomic mass is 10.2. The third-order valence-corrected chi connectivity index (χ3v) is 1.91. The molecule has 0 aliphatic carbocycles. The van der Waals surface area contributed by atoms with Gasteiger partial charge in [0.2, 0.25) is 0 Å². The van der Waals surface area contributed by atoms with Gasteiger partial charge in [-0.1, -0.05) is 13.8 Å². The first-order valence-corrected chi connectivity index (χ1v) is 5.06. The Labute approximate surface area is 80.2 Å². The van der Waals surface area contributed by atoms with Crippen molar-refractivity contribution in [3.8, 4) is 0 Å². The minimum absolute atomic E-state index is 0.442. The minimum atomic E-state index is 0.442. The zero-order valence-electron chi connectivity index (χ0n) is 8.01. The summed E-state index contributed by atoms with van der Waals surface area (Å²) in [5.41, 5.74) is 0. The predicted molar refractivity (Wildman–Crippen MR) is 51.8 cm³/mol. The first-order valence-electron chi connectivity index (χ1n) is 4.52. The van der Waals surface area contributed by atoms with Gasteiger partial charge >= 0.3 is 0 Å². The number of alkyl halides is 1. The van der Waals surface area contributed by atoms with Crippen LogP contribution in [-0.4, -0.2) is 32.3 Å². The van der Waals surface area contributed by atoms with Crippen LogP contribution in [0.2, 0.25) is 0 Å². The van der Waals surface area contributed by atoms with E-state index in [0.717, 1.165) is 19.6 Å². The van der Waals surface area contributed by atoms with E-state index in [1.807, 2.05) is 0 Å². The normalized spacial score (nSPS) is 13.2. The number of ether oxygens (including phenoxy) is 2. The molecule has 0 amide bonds. The minimum Gasteiger partial charge on any atom is -0.379 e. The second kappa shape index (κ2) is 9.30. The van der Waals surface area contributed by atoms with Gasteiger partial charge in [0.25, 0.3) is 0 Å². The van der Waals surface area contributed by atoms with E-state index < -0.39 is 0 Å². The van der Waals surface area contributed by atoms with Gasteiger partial charge in [-0.3, -0.25) is 0 Å². The molecule has 0 aromatic heterocycles. The second-order valence-corrected chi connectivity index (χ2v) is 3.26. The summed E-state index contributed by atoms with van der Waals surface area (Å²) < 4.78 is 10.6. The summed E-state index contributed by atoms with van der Waals surface area (Å²) in [4.78, 5) is 0. The van der Waals surface area contributed by atoms with Crippen molar-refractivity contribution in [2.45, 2.75) is 20.3 Å². The van der Waals surface area contributed by atoms with Crippen molar-refractivity contribution >= 4 is 11.6 Å². The number of hydrogen-bond donors (Lipinski definition) is 0. The monoisotopic (exact) mass is 194 g/mol. The zero-order chi connectivity index (χ0) is 9.23. The maximum Gasteiger partial charge on any atom is 0.0700 e. The second-order valence-electron chi connectivity index (χ2n) is 2.95. The quantitative estimate of drug-likeness (QED) is 0.436. The molecule has 1 unspecified atom stereocenters. The lowest BCUT2D eigenvalue weighted by Crippen LogP contribution is -2.11. The fourth-order valence-corrected chi connectivity index (χ4v) is 0.782. The van der Waals surface area contributed by atoms with Crippen molar-refractivity contribution in [1.82, 2.24) is 0 Å². The average molecular weight is 195 g/mol. The predicted octanol–water partition coefficient (Wildman–Crippen LogP) is 2.30. The van der Waals surface area contributed by atoms with Crippen LogP contribution in [0, 0.1) is 5.92 Å². The molecule has 74 valence electrons. The first kappa shape index (κ1) is 12.2. The molecule has 0 radical (unpaired) electrons. The van der Waals surface area contributed by atoms with E-state index in [2.05, 4.69) is 13.8 Å². The molecule has 0 rings (SSSR count). The molecule has 0 saturated carbocycles. The van der Waals surface area contributed by atoms with Crippen LogP contribution in [0.5, 0.6) is 0 Å². The molecule has 12 heavy (non-hydrogen) atoms. The fourth-order valence-electron chi connectivity index (χ4n) is 0.693. The van der Waals surface area contributed by atoms with E-state index in [1.54, 1.807) is 0 Å². The molecule has 0 fully saturated rings. The molecule has 0 aliphatic rings. The maximum absolute atomic E-state index is 5.60. The van der Waals surface area contributed by atoms with Gasteiger partial charge in [-0.05, 0) is 12.3 Å². The molecule has 1 atom stereocenters. The number of hydrogen-bond acceptors (Lipinski definition) is 2. The Balaban J connectivity index is 2.90. The highest BCUT2D eigenvalue weighted by atomic mass is 35.5. The molecular weight excluding hydrogens is 176 g/mol. The molecular formula is C9H19ClO2. The Kier molecular flexibility index (Phi) is 9.46. The molecule has 0 bridgehead atoms. The third-order valence-electron chi connectivity index (χ3n) is 1.39. The lowest BCUT2D eigenvalue weighted by Gasteiger charge is -2.08. The molecule has 0 aromatic carbocycles. The molecule has 3 heteroatoms. The van der Waals surface area contributed by atoms with Gasteiger partial charge in [-0.15, -0.1) is 11.6 Å². The zero-order valence-corrected chi connectivity index (χ0v) is 8.77. The summed E-state index contributed by atoms with van der Waals surface area (Å²) in [6, 6.07) is 0. The van der Waals surface area contributed by atoms with Crippen molar-refractivity contribution in [2.75, 3.05) is 32.3 Å². The van der Waals surface area contributed by atoms with Crippen LogP contribution in [0.1, 0.15) is 20.3 Å². The van der Waals surface area contributed by atoms with Crippen LogP contribution in [0.15, 0.2) is 0 Å². The SMILES string of the molecule is CCCOCCOCC(C)CCl. The third kappa shape index (κ3) is 8.31. The molecule has 0 spiro atoms. The summed E-state index contributed by atoms with van der Waals surface area (Å²) in [5, 5.41) is 0. The highest BCUT2D eigenvalue weighted by molar-refractivity contribution is 6.18. The highest BCUT2D eigenvalue weighted by Gasteiger charge is 1.98. The maximum atomic E-state index is 5.60. The summed E-state index contributed by atoms with van der Waals surface area (Å²) in [7, 11) is 0. The van der Waals surface area contributed by atoms with Gasteiger partial charge in [0.15, 0.2) is 0 Å². The largest absolute Gasteiger partial charge is 0.379 e. The van der Waals surface area contributed by atoms with E-state index in [1.165, 1.54) is 0 Å². The van der Waals surface area contributed by atoms with Crippen molar-refractivity contribution in [1.29, 1.82) is 0 Å². The van der Waals surface area contributed by atoms with Gasteiger partial charge in [0.05, 0.1) is 19.8 Å². The smallest absolute Gasteiger partial charge is 0.0700 e. The number of halogens is 1. The first-order chi connectivity index (χ1) is 5.81. The van der Waals surface area contributed by atoms with Gasteiger partial charge < -0.3 is 9.47 Å². The van der Waals surface area contributed by atoms with Crippen molar-refractivity contribution in [2.24, 2.45) is 5.92 Å². The molecule has 0 heterocycles. The molecule has 0 N–H and O–H groups in total. The molecule has 0 aliphatic heterocycles. The summed E-state index contributed by atoms with van der Waals surface area (Å²) in [5.74, 6) is 1.10. The van der Waals surface area contributed by atoms with Gasteiger partial charge in [-0.2, -0.15) is 0 Å². The Morgan fingerprint density at radius 2 is 1.83 bits per heavy atom. The van der Waals surface area contributed by atoms with Crippen molar-refractivity contribution in [3.05, 3.63) is 0 Å². The number of rotatable bonds is 8. The van der Waals surface area contributed by atoms with E-state index in [0.29, 0.717) is 25.0 Å². The van der Waals surface area contributed by atoms with Crippen LogP contribution in [-0.2, 0) is 9.47 Å². The molecule has 2 nitrogen and oxygen atoms in total. The van der Waals surface area contributed by atoms with Gasteiger partial charge in [0, 0.05) is 12.5 Å². The molecule has 0 aromatic rings. The average Bonchev–Trinajstić information content (AvgIpc) is 2.10.